The van der Waals surface area contributed by atoms with Crippen LogP contribution in [-0.4, -0.2) is 37.2 Å². The second kappa shape index (κ2) is 7.07. The fraction of sp³-hybridized carbons (Fsp3) is 0.500. The molecule has 5 nitrogen and oxygen atoms in total. The maximum atomic E-state index is 11.9. The van der Waals surface area contributed by atoms with Crippen molar-refractivity contribution in [3.63, 3.8) is 0 Å². The monoisotopic (exact) mass is 304 g/mol. The summed E-state index contributed by atoms with van der Waals surface area (Å²) in [7, 11) is -0.641. The van der Waals surface area contributed by atoms with Crippen LogP contribution >= 0.6 is 0 Å². The van der Waals surface area contributed by atoms with Gasteiger partial charge in [-0.25, -0.2) is 0 Å². The molecular formula is C16H21BO5. The van der Waals surface area contributed by atoms with E-state index in [0.717, 1.165) is 11.7 Å². The molecule has 118 valence electrons. The largest absolute Gasteiger partial charge is 0.494 e. The van der Waals surface area contributed by atoms with Crippen LogP contribution in [0, 0.1) is 0 Å². The van der Waals surface area contributed by atoms with Crippen molar-refractivity contribution >= 4 is 24.8 Å². The van der Waals surface area contributed by atoms with Crippen molar-refractivity contribution < 1.29 is 23.6 Å². The fourth-order valence-corrected chi connectivity index (χ4v) is 2.29. The molecule has 1 aromatic carbocycles. The third-order valence-electron chi connectivity index (χ3n) is 3.15. The Bertz CT molecular complexity index is 511. The number of hydrogen-bond donors (Lipinski definition) is 0. The van der Waals surface area contributed by atoms with Crippen LogP contribution in [0.5, 0.6) is 0 Å². The minimum absolute atomic E-state index is 0.105. The normalized spacial score (nSPS) is 22.2. The van der Waals surface area contributed by atoms with Crippen LogP contribution < -0.4 is 5.46 Å². The SMILES string of the molecule is CC(C)(C)OC(=O)CC1CC(C=O)OB(c2ccccc2)O1. The zero-order valence-corrected chi connectivity index (χ0v) is 13.2. The van der Waals surface area contributed by atoms with E-state index < -0.39 is 24.9 Å². The molecule has 0 amide bonds. The molecule has 2 unspecified atom stereocenters. The summed E-state index contributed by atoms with van der Waals surface area (Å²) in [5.74, 6) is -0.337. The van der Waals surface area contributed by atoms with E-state index in [-0.39, 0.29) is 12.4 Å². The molecule has 0 aromatic heterocycles. The van der Waals surface area contributed by atoms with Crippen LogP contribution in [0.3, 0.4) is 0 Å². The average Bonchev–Trinajstić information content (AvgIpc) is 2.45. The van der Waals surface area contributed by atoms with Crippen LogP contribution in [0.4, 0.5) is 0 Å². The Balaban J connectivity index is 2.02. The molecule has 22 heavy (non-hydrogen) atoms. The smallest absolute Gasteiger partial charge is 0.460 e. The second-order valence-corrected chi connectivity index (χ2v) is 6.34. The van der Waals surface area contributed by atoms with Gasteiger partial charge in [0.2, 0.25) is 0 Å². The molecule has 0 bridgehead atoms. The molecule has 0 radical (unpaired) electrons. The van der Waals surface area contributed by atoms with Crippen LogP contribution in [0.1, 0.15) is 33.6 Å². The molecule has 1 saturated heterocycles. The molecular weight excluding hydrogens is 283 g/mol. The minimum atomic E-state index is -0.641. The lowest BCUT2D eigenvalue weighted by Gasteiger charge is -2.32. The van der Waals surface area contributed by atoms with Crippen molar-refractivity contribution in [3.8, 4) is 0 Å². The molecule has 0 N–H and O–H groups in total. The van der Waals surface area contributed by atoms with Crippen molar-refractivity contribution in [1.82, 2.24) is 0 Å². The lowest BCUT2D eigenvalue weighted by molar-refractivity contribution is -0.158. The topological polar surface area (TPSA) is 61.8 Å². The van der Waals surface area contributed by atoms with E-state index in [1.165, 1.54) is 0 Å². The number of aldehydes is 1. The summed E-state index contributed by atoms with van der Waals surface area (Å²) in [6, 6.07) is 9.36. The van der Waals surface area contributed by atoms with Crippen molar-refractivity contribution in [2.24, 2.45) is 0 Å². The van der Waals surface area contributed by atoms with E-state index in [2.05, 4.69) is 0 Å². The highest BCUT2D eigenvalue weighted by Gasteiger charge is 2.36. The molecule has 1 heterocycles. The summed E-state index contributed by atoms with van der Waals surface area (Å²) >= 11 is 0. The van der Waals surface area contributed by atoms with Gasteiger partial charge in [-0.1, -0.05) is 30.3 Å². The maximum Gasteiger partial charge on any atom is 0.494 e. The van der Waals surface area contributed by atoms with E-state index in [1.54, 1.807) is 0 Å². The summed E-state index contributed by atoms with van der Waals surface area (Å²) in [5.41, 5.74) is 0.286. The Labute approximate surface area is 131 Å². The van der Waals surface area contributed by atoms with Crippen LogP contribution in [0.25, 0.3) is 0 Å². The Kier molecular flexibility index (Phi) is 5.37. The third kappa shape index (κ3) is 4.96. The molecule has 0 aliphatic carbocycles. The number of carbonyl (C=O) groups is 2. The Morgan fingerprint density at radius 3 is 2.59 bits per heavy atom. The third-order valence-corrected chi connectivity index (χ3v) is 3.15. The zero-order valence-electron chi connectivity index (χ0n) is 13.2. The van der Waals surface area contributed by atoms with Gasteiger partial charge in [0.25, 0.3) is 0 Å². The highest BCUT2D eigenvalue weighted by Crippen LogP contribution is 2.20. The van der Waals surface area contributed by atoms with E-state index in [9.17, 15) is 9.59 Å². The van der Waals surface area contributed by atoms with Gasteiger partial charge in [-0.15, -0.1) is 0 Å². The lowest BCUT2D eigenvalue weighted by Crippen LogP contribution is -2.49. The number of esters is 1. The molecule has 1 aromatic rings. The maximum absolute atomic E-state index is 11.9. The first kappa shape index (κ1) is 16.7. The minimum Gasteiger partial charge on any atom is -0.460 e. The van der Waals surface area contributed by atoms with Gasteiger partial charge in [0, 0.05) is 6.42 Å². The van der Waals surface area contributed by atoms with Crippen LogP contribution in [-0.2, 0) is 23.6 Å². The first-order valence-electron chi connectivity index (χ1n) is 7.40. The second-order valence-electron chi connectivity index (χ2n) is 6.34. The molecule has 6 heteroatoms. The van der Waals surface area contributed by atoms with Gasteiger partial charge in [-0.2, -0.15) is 0 Å². The summed E-state index contributed by atoms with van der Waals surface area (Å²) < 4.78 is 16.7. The number of rotatable bonds is 4. The molecule has 2 rings (SSSR count). The Morgan fingerprint density at radius 2 is 2.00 bits per heavy atom. The van der Waals surface area contributed by atoms with Crippen LogP contribution in [0.2, 0.25) is 0 Å². The number of carbonyl (C=O) groups excluding carboxylic acids is 2. The predicted octanol–water partition coefficient (Wildman–Crippen LogP) is 1.49. The summed E-state index contributed by atoms with van der Waals surface area (Å²) in [6.07, 6.45) is 0.233. The van der Waals surface area contributed by atoms with Gasteiger partial charge in [0.1, 0.15) is 18.0 Å². The molecule has 1 aliphatic heterocycles. The van der Waals surface area contributed by atoms with Gasteiger partial charge in [-0.05, 0) is 26.2 Å². The van der Waals surface area contributed by atoms with Gasteiger partial charge in [0.15, 0.2) is 0 Å². The van der Waals surface area contributed by atoms with Gasteiger partial charge in [0.05, 0.1) is 12.5 Å². The molecule has 0 spiro atoms. The van der Waals surface area contributed by atoms with Crippen LogP contribution in [0.15, 0.2) is 30.3 Å². The van der Waals surface area contributed by atoms with Crippen molar-refractivity contribution in [3.05, 3.63) is 30.3 Å². The summed E-state index contributed by atoms with van der Waals surface area (Å²) in [4.78, 5) is 23.0. The number of ether oxygens (including phenoxy) is 1. The zero-order chi connectivity index (χ0) is 16.2. The van der Waals surface area contributed by atoms with E-state index in [0.29, 0.717) is 6.42 Å². The lowest BCUT2D eigenvalue weighted by atomic mass is 9.76. The van der Waals surface area contributed by atoms with E-state index in [1.807, 2.05) is 51.1 Å². The molecule has 2 atom stereocenters. The van der Waals surface area contributed by atoms with Crippen molar-refractivity contribution in [2.75, 3.05) is 0 Å². The van der Waals surface area contributed by atoms with E-state index in [4.69, 9.17) is 14.0 Å². The summed E-state index contributed by atoms with van der Waals surface area (Å²) in [6.45, 7) is 5.45. The first-order chi connectivity index (χ1) is 10.4. The number of hydrogen-bond acceptors (Lipinski definition) is 5. The van der Waals surface area contributed by atoms with E-state index >= 15 is 0 Å². The molecule has 1 fully saturated rings. The molecule has 0 saturated carbocycles. The highest BCUT2D eigenvalue weighted by atomic mass is 16.6. The van der Waals surface area contributed by atoms with Crippen molar-refractivity contribution in [1.29, 1.82) is 0 Å². The quantitative estimate of drug-likeness (QED) is 0.479. The first-order valence-corrected chi connectivity index (χ1v) is 7.40. The number of benzene rings is 1. The average molecular weight is 304 g/mol. The Hall–Kier alpha value is -1.66. The van der Waals surface area contributed by atoms with Gasteiger partial charge >= 0.3 is 13.1 Å². The fourth-order valence-electron chi connectivity index (χ4n) is 2.29. The highest BCUT2D eigenvalue weighted by molar-refractivity contribution is 6.61. The standard InChI is InChI=1S/C16H21BO5/c1-16(2,3)20-15(19)10-13-9-14(11-18)22-17(21-13)12-7-5-4-6-8-12/h4-8,11,13-14H,9-10H2,1-3H3. The van der Waals surface area contributed by atoms with Gasteiger partial charge in [-0.3, -0.25) is 4.79 Å². The Morgan fingerprint density at radius 1 is 1.32 bits per heavy atom. The van der Waals surface area contributed by atoms with Gasteiger partial charge < -0.3 is 18.8 Å². The summed E-state index contributed by atoms with van der Waals surface area (Å²) in [5, 5.41) is 0. The van der Waals surface area contributed by atoms with Crippen molar-refractivity contribution in [2.45, 2.75) is 51.4 Å². The predicted molar refractivity (Wildman–Crippen MR) is 82.7 cm³/mol. The molecule has 1 aliphatic rings.